The monoisotopic (exact) mass is 585 g/mol. The Balaban J connectivity index is 1.33. The van der Waals surface area contributed by atoms with Crippen LogP contribution in [0.1, 0.15) is 56.9 Å². The van der Waals surface area contributed by atoms with Gasteiger partial charge in [0.05, 0.1) is 5.69 Å². The Kier molecular flexibility index (Phi) is 10.2. The highest BCUT2D eigenvalue weighted by molar-refractivity contribution is 6.06. The third-order valence-corrected chi connectivity index (χ3v) is 7.75. The number of benzene rings is 2. The minimum Gasteiger partial charge on any atom is -0.444 e. The number of rotatable bonds is 9. The van der Waals surface area contributed by atoms with Crippen LogP contribution in [0.15, 0.2) is 67.3 Å². The average Bonchev–Trinajstić information content (AvgIpc) is 2.99. The topological polar surface area (TPSA) is 104 Å². The summed E-state index contributed by atoms with van der Waals surface area (Å²) in [5.41, 5.74) is 2.08. The maximum Gasteiger partial charge on any atom is 0.410 e. The number of pyridine rings is 1. The SMILES string of the molecule is C=CC(=O)Nc1cccc2ccc(-c3cccc(C(=O)N[C@H]4CC[C@H](N(C)CCN(C)C(=O)OC(C)(C)C)CC4)n3)cc12. The van der Waals surface area contributed by atoms with Crippen molar-refractivity contribution < 1.29 is 19.1 Å². The minimum absolute atomic E-state index is 0.0868. The fourth-order valence-corrected chi connectivity index (χ4v) is 5.29. The van der Waals surface area contributed by atoms with Crippen LogP contribution < -0.4 is 10.6 Å². The molecule has 3 amide bonds. The van der Waals surface area contributed by atoms with Crippen LogP contribution in [0, 0.1) is 0 Å². The van der Waals surface area contributed by atoms with Gasteiger partial charge in [-0.25, -0.2) is 9.78 Å². The third-order valence-electron chi connectivity index (χ3n) is 7.75. The van der Waals surface area contributed by atoms with E-state index in [1.807, 2.05) is 69.3 Å². The van der Waals surface area contributed by atoms with E-state index in [1.54, 1.807) is 18.0 Å². The molecular weight excluding hydrogens is 542 g/mol. The molecule has 0 unspecified atom stereocenters. The Morgan fingerprint density at radius 2 is 1.72 bits per heavy atom. The molecule has 2 aromatic carbocycles. The van der Waals surface area contributed by atoms with Crippen molar-refractivity contribution in [1.29, 1.82) is 0 Å². The van der Waals surface area contributed by atoms with Gasteiger partial charge in [0.15, 0.2) is 0 Å². The summed E-state index contributed by atoms with van der Waals surface area (Å²) in [6.07, 6.45) is 4.62. The third kappa shape index (κ3) is 8.64. The molecule has 4 rings (SSSR count). The molecule has 0 aliphatic heterocycles. The van der Waals surface area contributed by atoms with Crippen molar-refractivity contribution >= 4 is 34.4 Å². The maximum atomic E-state index is 13.2. The average molecular weight is 586 g/mol. The van der Waals surface area contributed by atoms with E-state index >= 15 is 0 Å². The second kappa shape index (κ2) is 13.8. The number of aromatic nitrogens is 1. The first-order valence-electron chi connectivity index (χ1n) is 14.8. The number of likely N-dealkylation sites (N-methyl/N-ethyl adjacent to an activating group) is 2. The number of amides is 3. The number of nitrogens with zero attached hydrogens (tertiary/aromatic N) is 3. The van der Waals surface area contributed by atoms with Gasteiger partial charge in [-0.15, -0.1) is 0 Å². The van der Waals surface area contributed by atoms with E-state index in [4.69, 9.17) is 4.74 Å². The molecule has 43 heavy (non-hydrogen) atoms. The van der Waals surface area contributed by atoms with Gasteiger partial charge in [-0.3, -0.25) is 9.59 Å². The largest absolute Gasteiger partial charge is 0.444 e. The number of carbonyl (C=O) groups is 3. The molecule has 1 aliphatic rings. The lowest BCUT2D eigenvalue weighted by Crippen LogP contribution is -2.45. The maximum absolute atomic E-state index is 13.2. The van der Waals surface area contributed by atoms with Crippen molar-refractivity contribution in [1.82, 2.24) is 20.1 Å². The number of hydrogen-bond donors (Lipinski definition) is 2. The molecule has 0 bridgehead atoms. The molecular formula is C34H43N5O4. The fraction of sp³-hybridized carbons (Fsp3) is 0.412. The van der Waals surface area contributed by atoms with Crippen LogP contribution in [0.5, 0.6) is 0 Å². The lowest BCUT2D eigenvalue weighted by molar-refractivity contribution is -0.111. The molecule has 1 aromatic heterocycles. The predicted molar refractivity (Wildman–Crippen MR) is 171 cm³/mol. The van der Waals surface area contributed by atoms with Crippen molar-refractivity contribution in [3.8, 4) is 11.3 Å². The minimum atomic E-state index is -0.511. The summed E-state index contributed by atoms with van der Waals surface area (Å²) in [6.45, 7) is 10.5. The van der Waals surface area contributed by atoms with Gasteiger partial charge in [-0.05, 0) is 89.2 Å². The van der Waals surface area contributed by atoms with Crippen molar-refractivity contribution in [2.75, 3.05) is 32.5 Å². The zero-order chi connectivity index (χ0) is 31.1. The normalized spacial score (nSPS) is 16.9. The zero-order valence-electron chi connectivity index (χ0n) is 25.9. The van der Waals surface area contributed by atoms with E-state index in [0.29, 0.717) is 29.7 Å². The van der Waals surface area contributed by atoms with Crippen LogP contribution in [0.3, 0.4) is 0 Å². The molecule has 0 radical (unpaired) electrons. The van der Waals surface area contributed by atoms with Crippen LogP contribution in [0.25, 0.3) is 22.0 Å². The quantitative estimate of drug-likeness (QED) is 0.305. The van der Waals surface area contributed by atoms with E-state index < -0.39 is 5.60 Å². The second-order valence-corrected chi connectivity index (χ2v) is 12.2. The Hall–Kier alpha value is -4.24. The molecule has 9 nitrogen and oxygen atoms in total. The molecule has 1 saturated carbocycles. The molecule has 1 aliphatic carbocycles. The standard InChI is InChI=1S/C34H43N5O4/c1-7-31(40)37-29-12-8-10-23-14-15-24(22-27(23)29)28-11-9-13-30(36-28)32(41)35-25-16-18-26(19-17-25)38(5)20-21-39(6)33(42)43-34(2,3)4/h7-15,22,25-26H,1,16-21H2,2-6H3,(H,35,41)(H,37,40)/t25-,26-. The van der Waals surface area contributed by atoms with E-state index in [1.165, 1.54) is 6.08 Å². The van der Waals surface area contributed by atoms with E-state index in [9.17, 15) is 14.4 Å². The van der Waals surface area contributed by atoms with Crippen LogP contribution in [0.2, 0.25) is 0 Å². The molecule has 3 aromatic rings. The molecule has 0 saturated heterocycles. The molecule has 1 fully saturated rings. The lowest BCUT2D eigenvalue weighted by atomic mass is 9.90. The Morgan fingerprint density at radius 3 is 2.42 bits per heavy atom. The summed E-state index contributed by atoms with van der Waals surface area (Å²) in [6, 6.07) is 17.6. The van der Waals surface area contributed by atoms with Gasteiger partial charge in [-0.2, -0.15) is 0 Å². The molecule has 0 atom stereocenters. The summed E-state index contributed by atoms with van der Waals surface area (Å²) < 4.78 is 5.44. The fourth-order valence-electron chi connectivity index (χ4n) is 5.29. The highest BCUT2D eigenvalue weighted by atomic mass is 16.6. The van der Waals surface area contributed by atoms with Gasteiger partial charge in [0.1, 0.15) is 11.3 Å². The molecule has 2 N–H and O–H groups in total. The highest BCUT2D eigenvalue weighted by Crippen LogP contribution is 2.29. The van der Waals surface area contributed by atoms with Gasteiger partial charge < -0.3 is 25.2 Å². The Labute approximate surface area is 254 Å². The van der Waals surface area contributed by atoms with Crippen molar-refractivity contribution in [3.63, 3.8) is 0 Å². The van der Waals surface area contributed by atoms with Gasteiger partial charge in [0.25, 0.3) is 5.91 Å². The second-order valence-electron chi connectivity index (χ2n) is 12.2. The van der Waals surface area contributed by atoms with Gasteiger partial charge in [0.2, 0.25) is 5.91 Å². The van der Waals surface area contributed by atoms with Gasteiger partial charge >= 0.3 is 6.09 Å². The van der Waals surface area contributed by atoms with E-state index in [0.717, 1.165) is 48.6 Å². The number of nitrogens with one attached hydrogen (secondary N) is 2. The van der Waals surface area contributed by atoms with Crippen molar-refractivity contribution in [3.05, 3.63) is 72.9 Å². The number of hydrogen-bond acceptors (Lipinski definition) is 6. The van der Waals surface area contributed by atoms with Crippen LogP contribution >= 0.6 is 0 Å². The first-order valence-corrected chi connectivity index (χ1v) is 14.8. The highest BCUT2D eigenvalue weighted by Gasteiger charge is 2.26. The lowest BCUT2D eigenvalue weighted by Gasteiger charge is -2.35. The zero-order valence-corrected chi connectivity index (χ0v) is 25.9. The summed E-state index contributed by atoms with van der Waals surface area (Å²) >= 11 is 0. The van der Waals surface area contributed by atoms with Crippen molar-refractivity contribution in [2.24, 2.45) is 0 Å². The smallest absolute Gasteiger partial charge is 0.410 e. The summed E-state index contributed by atoms with van der Waals surface area (Å²) in [4.78, 5) is 45.9. The first kappa shape index (κ1) is 31.7. The first-order chi connectivity index (χ1) is 20.4. The van der Waals surface area contributed by atoms with Gasteiger partial charge in [-0.1, -0.05) is 36.9 Å². The Morgan fingerprint density at radius 1 is 1.00 bits per heavy atom. The number of carbonyl (C=O) groups excluding carboxylic acids is 3. The molecule has 9 heteroatoms. The summed E-state index contributed by atoms with van der Waals surface area (Å²) in [5.74, 6) is -0.460. The Bertz CT molecular complexity index is 1470. The van der Waals surface area contributed by atoms with Gasteiger partial charge in [0, 0.05) is 48.9 Å². The van der Waals surface area contributed by atoms with Crippen LogP contribution in [-0.2, 0) is 9.53 Å². The van der Waals surface area contributed by atoms with Crippen LogP contribution in [0.4, 0.5) is 10.5 Å². The number of fused-ring (bicyclic) bond motifs is 1. The number of anilines is 1. The summed E-state index contributed by atoms with van der Waals surface area (Å²) in [5, 5.41) is 7.90. The van der Waals surface area contributed by atoms with Crippen LogP contribution in [-0.4, -0.2) is 77.6 Å². The number of ether oxygens (including phenoxy) is 1. The molecule has 1 heterocycles. The van der Waals surface area contributed by atoms with E-state index in [-0.39, 0.29) is 23.9 Å². The predicted octanol–water partition coefficient (Wildman–Crippen LogP) is 5.87. The summed E-state index contributed by atoms with van der Waals surface area (Å²) in [7, 11) is 3.85. The molecule has 228 valence electrons. The van der Waals surface area contributed by atoms with E-state index in [2.05, 4.69) is 34.1 Å². The molecule has 0 spiro atoms. The van der Waals surface area contributed by atoms with Crippen molar-refractivity contribution in [2.45, 2.75) is 64.1 Å².